The molecule has 1 aromatic carbocycles. The number of halogens is 1. The molecule has 1 heterocycles. The molecule has 2 aliphatic rings. The molecule has 0 aromatic heterocycles. The number of piperazine rings is 1. The van der Waals surface area contributed by atoms with Gasteiger partial charge in [-0.25, -0.2) is 4.39 Å². The molecule has 0 unspecified atom stereocenters. The molecule has 6 nitrogen and oxygen atoms in total. The normalized spacial score (nSPS) is 20.2. The monoisotopic (exact) mass is 415 g/mol. The van der Waals surface area contributed by atoms with Crippen LogP contribution in [0.2, 0.25) is 0 Å². The van der Waals surface area contributed by atoms with Gasteiger partial charge in [0.2, 0.25) is 5.91 Å². The fourth-order valence-electron chi connectivity index (χ4n) is 3.91. The Labute approximate surface area is 177 Å². The second-order valence-corrected chi connectivity index (χ2v) is 8.86. The molecule has 1 N–H and O–H groups in total. The number of hydrogen-bond donors (Lipinski definition) is 1. The van der Waals surface area contributed by atoms with Gasteiger partial charge in [-0.2, -0.15) is 0 Å². The Hall–Kier alpha value is -2.54. The molecule has 1 aliphatic carbocycles. The van der Waals surface area contributed by atoms with Crippen LogP contribution >= 0.6 is 0 Å². The maximum Gasteiger partial charge on any atom is 0.227 e. The zero-order chi connectivity index (χ0) is 21.7. The van der Waals surface area contributed by atoms with E-state index in [2.05, 4.69) is 9.89 Å². The van der Waals surface area contributed by atoms with E-state index in [1.165, 1.54) is 18.3 Å². The van der Waals surface area contributed by atoms with E-state index in [-0.39, 0.29) is 35.1 Å². The number of carbonyl (C=O) groups is 2. The molecule has 162 valence electrons. The van der Waals surface area contributed by atoms with E-state index in [1.807, 2.05) is 18.7 Å². The first-order chi connectivity index (χ1) is 14.2. The lowest BCUT2D eigenvalue weighted by Crippen LogP contribution is -2.49. The van der Waals surface area contributed by atoms with Crippen LogP contribution in [-0.2, 0) is 16.0 Å². The third kappa shape index (κ3) is 5.98. The number of aliphatic hydroxyl groups is 1. The summed E-state index contributed by atoms with van der Waals surface area (Å²) in [6.45, 7) is 8.07. The maximum absolute atomic E-state index is 13.0. The first kappa shape index (κ1) is 22.2. The molecule has 3 rings (SSSR count). The SMILES string of the molecule is CC1(C)CC(=O)C(C=NCCN2CCN(C(=O)Cc3ccc(F)cc3)CC2)=C(O)C1. The fraction of sp³-hybridized carbons (Fsp3) is 0.522. The number of nitrogens with zero attached hydrogens (tertiary/aromatic N) is 3. The predicted molar refractivity (Wildman–Crippen MR) is 114 cm³/mol. The Morgan fingerprint density at radius 2 is 1.83 bits per heavy atom. The van der Waals surface area contributed by atoms with Crippen LogP contribution in [0.1, 0.15) is 32.3 Å². The summed E-state index contributed by atoms with van der Waals surface area (Å²) in [5.41, 5.74) is 0.952. The molecule has 1 saturated heterocycles. The average Bonchev–Trinajstić information content (AvgIpc) is 2.68. The molecular weight excluding hydrogens is 385 g/mol. The highest BCUT2D eigenvalue weighted by molar-refractivity contribution is 6.14. The van der Waals surface area contributed by atoms with Gasteiger partial charge in [-0.05, 0) is 23.1 Å². The van der Waals surface area contributed by atoms with Crippen LogP contribution < -0.4 is 0 Å². The van der Waals surface area contributed by atoms with E-state index in [9.17, 15) is 19.1 Å². The molecule has 0 atom stereocenters. The van der Waals surface area contributed by atoms with E-state index >= 15 is 0 Å². The Morgan fingerprint density at radius 3 is 2.47 bits per heavy atom. The molecule has 30 heavy (non-hydrogen) atoms. The van der Waals surface area contributed by atoms with Gasteiger partial charge < -0.3 is 10.0 Å². The van der Waals surface area contributed by atoms with E-state index in [1.54, 1.807) is 12.1 Å². The number of aliphatic hydroxyl groups excluding tert-OH is 1. The second-order valence-electron chi connectivity index (χ2n) is 8.86. The molecular formula is C23H30FN3O3. The number of rotatable bonds is 6. The Kier molecular flexibility index (Phi) is 7.02. The Morgan fingerprint density at radius 1 is 1.17 bits per heavy atom. The topological polar surface area (TPSA) is 73.2 Å². The highest BCUT2D eigenvalue weighted by atomic mass is 19.1. The lowest BCUT2D eigenvalue weighted by molar-refractivity contribution is -0.132. The number of hydrogen-bond acceptors (Lipinski definition) is 5. The molecule has 0 radical (unpaired) electrons. The van der Waals surface area contributed by atoms with Crippen LogP contribution in [0.25, 0.3) is 0 Å². The minimum atomic E-state index is -0.300. The number of aliphatic imine (C=N–C) groups is 1. The highest BCUT2D eigenvalue weighted by Crippen LogP contribution is 2.35. The zero-order valence-electron chi connectivity index (χ0n) is 17.7. The maximum atomic E-state index is 13.0. The number of benzene rings is 1. The van der Waals surface area contributed by atoms with E-state index in [0.29, 0.717) is 38.0 Å². The van der Waals surface area contributed by atoms with Crippen LogP contribution in [0.15, 0.2) is 40.6 Å². The van der Waals surface area contributed by atoms with Crippen molar-refractivity contribution in [2.24, 2.45) is 10.4 Å². The minimum Gasteiger partial charge on any atom is -0.511 e. The fourth-order valence-corrected chi connectivity index (χ4v) is 3.91. The standard InChI is InChI=1S/C23H30FN3O3/c1-23(2)14-20(28)19(21(29)15-23)16-25-7-8-26-9-11-27(12-10-26)22(30)13-17-3-5-18(24)6-4-17/h3-6,16,28H,7-15H2,1-2H3. The number of amides is 1. The van der Waals surface area contributed by atoms with Gasteiger partial charge in [0.15, 0.2) is 5.78 Å². The average molecular weight is 416 g/mol. The van der Waals surface area contributed by atoms with Crippen molar-refractivity contribution < 1.29 is 19.1 Å². The molecule has 1 fully saturated rings. The van der Waals surface area contributed by atoms with Crippen molar-refractivity contribution in [3.8, 4) is 0 Å². The first-order valence-corrected chi connectivity index (χ1v) is 10.4. The molecule has 1 aliphatic heterocycles. The van der Waals surface area contributed by atoms with Gasteiger partial charge in [0, 0.05) is 51.8 Å². The van der Waals surface area contributed by atoms with Crippen molar-refractivity contribution in [1.29, 1.82) is 0 Å². The van der Waals surface area contributed by atoms with Crippen LogP contribution in [0.4, 0.5) is 4.39 Å². The summed E-state index contributed by atoms with van der Waals surface area (Å²) in [6.07, 6.45) is 2.71. The van der Waals surface area contributed by atoms with Crippen molar-refractivity contribution in [3.05, 3.63) is 47.0 Å². The van der Waals surface area contributed by atoms with Crippen molar-refractivity contribution >= 4 is 17.9 Å². The Bertz CT molecular complexity index is 838. The van der Waals surface area contributed by atoms with Crippen molar-refractivity contribution in [3.63, 3.8) is 0 Å². The zero-order valence-corrected chi connectivity index (χ0v) is 17.7. The molecule has 7 heteroatoms. The summed E-state index contributed by atoms with van der Waals surface area (Å²) in [7, 11) is 0. The van der Waals surface area contributed by atoms with Crippen molar-refractivity contribution in [2.75, 3.05) is 39.3 Å². The third-order valence-corrected chi connectivity index (χ3v) is 5.66. The molecule has 0 spiro atoms. The van der Waals surface area contributed by atoms with E-state index < -0.39 is 0 Å². The van der Waals surface area contributed by atoms with Gasteiger partial charge in [-0.15, -0.1) is 0 Å². The molecule has 1 aromatic rings. The van der Waals surface area contributed by atoms with Crippen molar-refractivity contribution in [2.45, 2.75) is 33.1 Å². The van der Waals surface area contributed by atoms with Crippen LogP contribution in [-0.4, -0.2) is 72.1 Å². The lowest BCUT2D eigenvalue weighted by atomic mass is 9.77. The van der Waals surface area contributed by atoms with Gasteiger partial charge in [-0.1, -0.05) is 26.0 Å². The van der Waals surface area contributed by atoms with Gasteiger partial charge >= 0.3 is 0 Å². The lowest BCUT2D eigenvalue weighted by Gasteiger charge is -2.34. The van der Waals surface area contributed by atoms with E-state index in [0.717, 1.165) is 25.2 Å². The number of Topliss-reactive ketones (excluding diaryl/α,β-unsaturated/α-hetero) is 1. The Balaban J connectivity index is 1.41. The summed E-state index contributed by atoms with van der Waals surface area (Å²) in [6, 6.07) is 6.04. The highest BCUT2D eigenvalue weighted by Gasteiger charge is 2.32. The van der Waals surface area contributed by atoms with Crippen LogP contribution in [0.5, 0.6) is 0 Å². The number of ketones is 1. The number of carbonyl (C=O) groups excluding carboxylic acids is 2. The summed E-state index contributed by atoms with van der Waals surface area (Å²) in [5.74, 6) is -0.167. The summed E-state index contributed by atoms with van der Waals surface area (Å²) >= 11 is 0. The third-order valence-electron chi connectivity index (χ3n) is 5.66. The largest absolute Gasteiger partial charge is 0.511 e. The quantitative estimate of drug-likeness (QED) is 0.725. The second kappa shape index (κ2) is 9.51. The predicted octanol–water partition coefficient (Wildman–Crippen LogP) is 2.78. The minimum absolute atomic E-state index is 0.0548. The summed E-state index contributed by atoms with van der Waals surface area (Å²) in [5, 5.41) is 10.1. The van der Waals surface area contributed by atoms with Crippen LogP contribution in [0.3, 0.4) is 0 Å². The first-order valence-electron chi connectivity index (χ1n) is 10.4. The van der Waals surface area contributed by atoms with Gasteiger partial charge in [-0.3, -0.25) is 19.5 Å². The van der Waals surface area contributed by atoms with E-state index in [4.69, 9.17) is 0 Å². The van der Waals surface area contributed by atoms with Crippen LogP contribution in [0, 0.1) is 11.2 Å². The molecule has 0 bridgehead atoms. The summed E-state index contributed by atoms with van der Waals surface area (Å²) < 4.78 is 13.0. The summed E-state index contributed by atoms with van der Waals surface area (Å²) in [4.78, 5) is 33.0. The van der Waals surface area contributed by atoms with Gasteiger partial charge in [0.05, 0.1) is 18.5 Å². The van der Waals surface area contributed by atoms with Gasteiger partial charge in [0.25, 0.3) is 0 Å². The number of allylic oxidation sites excluding steroid dienone is 2. The van der Waals surface area contributed by atoms with Gasteiger partial charge in [0.1, 0.15) is 11.6 Å². The smallest absolute Gasteiger partial charge is 0.227 e. The molecule has 1 amide bonds. The molecule has 0 saturated carbocycles. The van der Waals surface area contributed by atoms with Crippen molar-refractivity contribution in [1.82, 2.24) is 9.80 Å².